The number of fused-ring (bicyclic) bond motifs is 1. The molecule has 114 valence electrons. The Bertz CT molecular complexity index is 697. The first kappa shape index (κ1) is 14.5. The van der Waals surface area contributed by atoms with Gasteiger partial charge in [0.25, 0.3) is 0 Å². The molecule has 3 rings (SSSR count). The molecule has 0 fully saturated rings. The van der Waals surface area contributed by atoms with E-state index in [4.69, 9.17) is 0 Å². The van der Waals surface area contributed by atoms with Crippen LogP contribution < -0.4 is 5.32 Å². The van der Waals surface area contributed by atoms with E-state index in [0.717, 1.165) is 30.5 Å². The highest BCUT2D eigenvalue weighted by atomic mass is 19.1. The van der Waals surface area contributed by atoms with E-state index in [-0.39, 0.29) is 6.04 Å². The van der Waals surface area contributed by atoms with E-state index >= 15 is 0 Å². The second kappa shape index (κ2) is 5.75. The van der Waals surface area contributed by atoms with Gasteiger partial charge < -0.3 is 10.2 Å². The molecule has 22 heavy (non-hydrogen) atoms. The van der Waals surface area contributed by atoms with Gasteiger partial charge in [0.1, 0.15) is 17.3 Å². The van der Waals surface area contributed by atoms with Crippen LogP contribution in [0.5, 0.6) is 0 Å². The third-order valence-electron chi connectivity index (χ3n) is 4.08. The van der Waals surface area contributed by atoms with Gasteiger partial charge in [-0.15, -0.1) is 0 Å². The molecule has 0 aromatic heterocycles. The normalized spacial score (nSPS) is 16.2. The minimum atomic E-state index is -0.784. The van der Waals surface area contributed by atoms with Crippen molar-refractivity contribution in [3.8, 4) is 0 Å². The summed E-state index contributed by atoms with van der Waals surface area (Å²) in [5.74, 6) is -1.57. The summed E-state index contributed by atoms with van der Waals surface area (Å²) < 4.78 is 27.2. The molecule has 2 aromatic rings. The van der Waals surface area contributed by atoms with Gasteiger partial charge in [-0.05, 0) is 36.1 Å². The summed E-state index contributed by atoms with van der Waals surface area (Å²) in [6, 6.07) is 10.8. The molecule has 0 aliphatic heterocycles. The van der Waals surface area contributed by atoms with Crippen LogP contribution in [0.4, 0.5) is 19.3 Å². The van der Waals surface area contributed by atoms with E-state index < -0.39 is 23.4 Å². The van der Waals surface area contributed by atoms with Gasteiger partial charge in [0, 0.05) is 7.05 Å². The number of benzene rings is 2. The molecule has 0 unspecified atom stereocenters. The molecular formula is C17H16F2N2O. The molecule has 2 aromatic carbocycles. The highest BCUT2D eigenvalue weighted by molar-refractivity contribution is 5.89. The minimum absolute atomic E-state index is 0.0777. The van der Waals surface area contributed by atoms with E-state index in [1.54, 1.807) is 7.05 Å². The molecule has 0 radical (unpaired) electrons. The summed E-state index contributed by atoms with van der Waals surface area (Å²) >= 11 is 0. The first-order valence-corrected chi connectivity index (χ1v) is 7.13. The largest absolute Gasteiger partial charge is 0.322 e. The molecule has 0 spiro atoms. The van der Waals surface area contributed by atoms with Crippen molar-refractivity contribution >= 4 is 11.7 Å². The quantitative estimate of drug-likeness (QED) is 0.889. The lowest BCUT2D eigenvalue weighted by Crippen LogP contribution is -2.34. The SMILES string of the molecule is CN(C(=O)Nc1c(F)cccc1F)[C@H]1CCc2ccccc21. The Morgan fingerprint density at radius 3 is 2.55 bits per heavy atom. The third kappa shape index (κ3) is 2.54. The third-order valence-corrected chi connectivity index (χ3v) is 4.08. The number of hydrogen-bond acceptors (Lipinski definition) is 1. The average Bonchev–Trinajstić information content (AvgIpc) is 2.94. The number of carbonyl (C=O) groups excluding carboxylic acids is 1. The van der Waals surface area contributed by atoms with Crippen LogP contribution in [0.15, 0.2) is 42.5 Å². The van der Waals surface area contributed by atoms with Crippen LogP contribution in [0.1, 0.15) is 23.6 Å². The molecule has 5 heteroatoms. The molecule has 0 heterocycles. The summed E-state index contributed by atoms with van der Waals surface area (Å²) in [6.07, 6.45) is 1.70. The highest BCUT2D eigenvalue weighted by Crippen LogP contribution is 2.35. The summed E-state index contributed by atoms with van der Waals surface area (Å²) in [4.78, 5) is 13.8. The standard InChI is InChI=1S/C17H16F2N2O/c1-21(15-10-9-11-5-2-3-6-12(11)15)17(22)20-16-13(18)7-4-8-14(16)19/h2-8,15H,9-10H2,1H3,(H,20,22)/t15-/m0/s1. The Kier molecular flexibility index (Phi) is 3.79. The maximum absolute atomic E-state index is 13.6. The molecule has 1 aliphatic rings. The van der Waals surface area contributed by atoms with Crippen molar-refractivity contribution in [2.75, 3.05) is 12.4 Å². The number of carbonyl (C=O) groups is 1. The molecule has 0 saturated heterocycles. The van der Waals surface area contributed by atoms with Crippen LogP contribution in [-0.4, -0.2) is 18.0 Å². The van der Waals surface area contributed by atoms with Crippen LogP contribution in [0.3, 0.4) is 0 Å². The van der Waals surface area contributed by atoms with Gasteiger partial charge in [0.2, 0.25) is 0 Å². The molecular weight excluding hydrogens is 286 g/mol. The van der Waals surface area contributed by atoms with Gasteiger partial charge in [-0.2, -0.15) is 0 Å². The number of halogens is 2. The number of rotatable bonds is 2. The molecule has 0 bridgehead atoms. The smallest absolute Gasteiger partial charge is 0.321 e. The molecule has 1 atom stereocenters. The lowest BCUT2D eigenvalue weighted by molar-refractivity contribution is 0.204. The first-order valence-electron chi connectivity index (χ1n) is 7.13. The van der Waals surface area contributed by atoms with Crippen LogP contribution in [-0.2, 0) is 6.42 Å². The van der Waals surface area contributed by atoms with Gasteiger partial charge in [0.15, 0.2) is 0 Å². The van der Waals surface area contributed by atoms with Crippen molar-refractivity contribution in [3.05, 3.63) is 65.2 Å². The predicted molar refractivity (Wildman–Crippen MR) is 80.6 cm³/mol. The van der Waals surface area contributed by atoms with E-state index in [2.05, 4.69) is 5.32 Å². The number of nitrogens with one attached hydrogen (secondary N) is 1. The molecule has 2 amide bonds. The van der Waals surface area contributed by atoms with Gasteiger partial charge in [-0.1, -0.05) is 30.3 Å². The molecule has 1 aliphatic carbocycles. The zero-order chi connectivity index (χ0) is 15.7. The Morgan fingerprint density at radius 1 is 1.14 bits per heavy atom. The fourth-order valence-electron chi connectivity index (χ4n) is 2.89. The van der Waals surface area contributed by atoms with Crippen molar-refractivity contribution < 1.29 is 13.6 Å². The first-order chi connectivity index (χ1) is 10.6. The molecule has 1 N–H and O–H groups in total. The lowest BCUT2D eigenvalue weighted by atomic mass is 10.1. The van der Waals surface area contributed by atoms with Crippen LogP contribution in [0.2, 0.25) is 0 Å². The maximum Gasteiger partial charge on any atom is 0.322 e. The molecule has 0 saturated carbocycles. The van der Waals surface area contributed by atoms with E-state index in [9.17, 15) is 13.6 Å². The Balaban J connectivity index is 1.79. The Morgan fingerprint density at radius 2 is 1.82 bits per heavy atom. The summed E-state index contributed by atoms with van der Waals surface area (Å²) in [5, 5.41) is 2.32. The Labute approximate surface area is 127 Å². The number of anilines is 1. The fraction of sp³-hybridized carbons (Fsp3) is 0.235. The van der Waals surface area contributed by atoms with Crippen molar-refractivity contribution in [2.45, 2.75) is 18.9 Å². The number of nitrogens with zero attached hydrogens (tertiary/aromatic N) is 1. The van der Waals surface area contributed by atoms with Crippen LogP contribution in [0, 0.1) is 11.6 Å². The van der Waals surface area contributed by atoms with Crippen LogP contribution >= 0.6 is 0 Å². The topological polar surface area (TPSA) is 32.3 Å². The second-order valence-corrected chi connectivity index (χ2v) is 5.39. The molecule has 3 nitrogen and oxygen atoms in total. The van der Waals surface area contributed by atoms with Gasteiger partial charge in [-0.3, -0.25) is 0 Å². The van der Waals surface area contributed by atoms with Crippen molar-refractivity contribution in [3.63, 3.8) is 0 Å². The van der Waals surface area contributed by atoms with Crippen molar-refractivity contribution in [1.82, 2.24) is 4.90 Å². The van der Waals surface area contributed by atoms with Crippen molar-refractivity contribution in [2.24, 2.45) is 0 Å². The summed E-state index contributed by atoms with van der Waals surface area (Å²) in [5.41, 5.74) is 1.89. The van der Waals surface area contributed by atoms with Gasteiger partial charge >= 0.3 is 6.03 Å². The van der Waals surface area contributed by atoms with Crippen LogP contribution in [0.25, 0.3) is 0 Å². The van der Waals surface area contributed by atoms with Gasteiger partial charge in [-0.25, -0.2) is 13.6 Å². The lowest BCUT2D eigenvalue weighted by Gasteiger charge is -2.26. The van der Waals surface area contributed by atoms with Gasteiger partial charge in [0.05, 0.1) is 6.04 Å². The monoisotopic (exact) mass is 302 g/mol. The summed E-state index contributed by atoms with van der Waals surface area (Å²) in [6.45, 7) is 0. The zero-order valence-electron chi connectivity index (χ0n) is 12.1. The summed E-state index contributed by atoms with van der Waals surface area (Å²) in [7, 11) is 1.64. The van der Waals surface area contributed by atoms with E-state index in [0.29, 0.717) is 0 Å². The second-order valence-electron chi connectivity index (χ2n) is 5.39. The average molecular weight is 302 g/mol. The number of urea groups is 1. The van der Waals surface area contributed by atoms with Crippen molar-refractivity contribution in [1.29, 1.82) is 0 Å². The number of aryl methyl sites for hydroxylation is 1. The number of hydrogen-bond donors (Lipinski definition) is 1. The number of para-hydroxylation sites is 1. The minimum Gasteiger partial charge on any atom is -0.321 e. The predicted octanol–water partition coefficient (Wildman–Crippen LogP) is 4.12. The maximum atomic E-state index is 13.6. The Hall–Kier alpha value is -2.43. The highest BCUT2D eigenvalue weighted by Gasteiger charge is 2.28. The van der Waals surface area contributed by atoms with E-state index in [1.807, 2.05) is 24.3 Å². The fourth-order valence-corrected chi connectivity index (χ4v) is 2.89. The van der Waals surface area contributed by atoms with E-state index in [1.165, 1.54) is 16.5 Å². The number of amides is 2. The zero-order valence-corrected chi connectivity index (χ0v) is 12.1.